The van der Waals surface area contributed by atoms with Crippen molar-refractivity contribution in [3.63, 3.8) is 0 Å². The Bertz CT molecular complexity index is 293. The minimum Gasteiger partial charge on any atom is -0.344 e. The largest absolute Gasteiger partial charge is 0.344 e. The van der Waals surface area contributed by atoms with Crippen molar-refractivity contribution in [2.75, 3.05) is 26.7 Å². The molecule has 0 saturated carbocycles. The van der Waals surface area contributed by atoms with Crippen LogP contribution < -0.4 is 0 Å². The van der Waals surface area contributed by atoms with Gasteiger partial charge in [0.1, 0.15) is 0 Å². The zero-order chi connectivity index (χ0) is 12.2. The van der Waals surface area contributed by atoms with Crippen molar-refractivity contribution in [2.45, 2.75) is 38.6 Å². The first-order valence-electron chi connectivity index (χ1n) is 5.83. The molecule has 0 aliphatic carbocycles. The van der Waals surface area contributed by atoms with E-state index in [1.165, 1.54) is 6.42 Å². The van der Waals surface area contributed by atoms with Gasteiger partial charge in [-0.1, -0.05) is 0 Å². The lowest BCUT2D eigenvalue weighted by Crippen LogP contribution is -2.45. The molecule has 0 N–H and O–H groups in total. The number of hydrogen-bond acceptors (Lipinski definition) is 3. The molecule has 1 saturated heterocycles. The molecule has 1 aliphatic rings. The number of hydrogen-bond donors (Lipinski definition) is 0. The summed E-state index contributed by atoms with van der Waals surface area (Å²) in [6, 6.07) is 2.06. The Morgan fingerprint density at radius 1 is 1.56 bits per heavy atom. The molecule has 16 heavy (non-hydrogen) atoms. The second-order valence-electron chi connectivity index (χ2n) is 5.06. The van der Waals surface area contributed by atoms with Crippen molar-refractivity contribution in [3.8, 4) is 6.07 Å². The molecule has 1 fully saturated rings. The third-order valence-electron chi connectivity index (χ3n) is 3.38. The number of rotatable bonds is 4. The van der Waals surface area contributed by atoms with Crippen molar-refractivity contribution in [2.24, 2.45) is 0 Å². The number of likely N-dealkylation sites (N-methyl/N-ethyl adjacent to an activating group) is 1. The highest BCUT2D eigenvalue weighted by molar-refractivity contribution is 5.78. The molecule has 0 radical (unpaired) electrons. The van der Waals surface area contributed by atoms with Crippen molar-refractivity contribution >= 4 is 5.91 Å². The average molecular weight is 223 g/mol. The van der Waals surface area contributed by atoms with E-state index in [0.29, 0.717) is 19.5 Å². The molecule has 0 aromatic rings. The normalized spacial score (nSPS) is 19.4. The summed E-state index contributed by atoms with van der Waals surface area (Å²) >= 11 is 0. The summed E-state index contributed by atoms with van der Waals surface area (Å²) in [4.78, 5) is 15.8. The van der Waals surface area contributed by atoms with Crippen LogP contribution in [-0.4, -0.2) is 47.9 Å². The van der Waals surface area contributed by atoms with Crippen molar-refractivity contribution in [1.82, 2.24) is 9.80 Å². The summed E-state index contributed by atoms with van der Waals surface area (Å²) < 4.78 is 0. The second-order valence-corrected chi connectivity index (χ2v) is 5.06. The topological polar surface area (TPSA) is 47.3 Å². The third kappa shape index (κ3) is 3.21. The number of carbonyl (C=O) groups is 1. The van der Waals surface area contributed by atoms with Gasteiger partial charge in [0.2, 0.25) is 5.91 Å². The van der Waals surface area contributed by atoms with Gasteiger partial charge in [-0.25, -0.2) is 0 Å². The summed E-state index contributed by atoms with van der Waals surface area (Å²) in [6.45, 7) is 6.38. The number of amides is 1. The van der Waals surface area contributed by atoms with E-state index in [1.54, 1.807) is 11.9 Å². The van der Waals surface area contributed by atoms with Gasteiger partial charge in [-0.2, -0.15) is 5.26 Å². The van der Waals surface area contributed by atoms with Crippen LogP contribution in [0.15, 0.2) is 0 Å². The van der Waals surface area contributed by atoms with Crippen LogP contribution in [-0.2, 0) is 4.79 Å². The van der Waals surface area contributed by atoms with Crippen LogP contribution in [0.5, 0.6) is 0 Å². The average Bonchev–Trinajstić information content (AvgIpc) is 2.54. The van der Waals surface area contributed by atoms with Gasteiger partial charge >= 0.3 is 0 Å². The quantitative estimate of drug-likeness (QED) is 0.720. The lowest BCUT2D eigenvalue weighted by atomic mass is 10.0. The molecule has 0 aromatic carbocycles. The molecular formula is C12H21N3O. The monoisotopic (exact) mass is 223 g/mol. The summed E-state index contributed by atoms with van der Waals surface area (Å²) in [5.41, 5.74) is 0.145. The highest BCUT2D eigenvalue weighted by Crippen LogP contribution is 2.27. The summed E-state index contributed by atoms with van der Waals surface area (Å²) in [5.74, 6) is 0.116. The number of likely N-dealkylation sites (tertiary alicyclic amines) is 1. The van der Waals surface area contributed by atoms with Crippen molar-refractivity contribution < 1.29 is 4.79 Å². The highest BCUT2D eigenvalue weighted by atomic mass is 16.2. The van der Waals surface area contributed by atoms with E-state index in [2.05, 4.69) is 24.8 Å². The van der Waals surface area contributed by atoms with E-state index in [1.807, 2.05) is 0 Å². The van der Waals surface area contributed by atoms with Gasteiger partial charge in [-0.15, -0.1) is 0 Å². The Labute approximate surface area is 97.8 Å². The minimum atomic E-state index is 0.116. The van der Waals surface area contributed by atoms with Crippen LogP contribution in [0.3, 0.4) is 0 Å². The van der Waals surface area contributed by atoms with Gasteiger partial charge in [0.25, 0.3) is 0 Å². The Hall–Kier alpha value is -1.08. The maximum absolute atomic E-state index is 11.9. The van der Waals surface area contributed by atoms with Crippen LogP contribution >= 0.6 is 0 Å². The minimum absolute atomic E-state index is 0.116. The molecule has 4 heteroatoms. The van der Waals surface area contributed by atoms with Gasteiger partial charge in [0.05, 0.1) is 19.0 Å². The Morgan fingerprint density at radius 3 is 2.75 bits per heavy atom. The zero-order valence-electron chi connectivity index (χ0n) is 10.5. The first-order valence-corrected chi connectivity index (χ1v) is 5.83. The fraction of sp³-hybridized carbons (Fsp3) is 0.833. The Balaban J connectivity index is 2.42. The molecule has 0 atom stereocenters. The summed E-state index contributed by atoms with van der Waals surface area (Å²) in [7, 11) is 1.77. The first kappa shape index (κ1) is 13.0. The fourth-order valence-electron chi connectivity index (χ4n) is 2.08. The highest BCUT2D eigenvalue weighted by Gasteiger charge is 2.33. The molecule has 1 heterocycles. The smallest absolute Gasteiger partial charge is 0.236 e. The van der Waals surface area contributed by atoms with E-state index in [9.17, 15) is 4.79 Å². The maximum atomic E-state index is 11.9. The standard InChI is InChI=1S/C12H21N3O/c1-12(2)6-4-9-15(12)10-11(16)14(3)8-5-7-13/h4-6,8-10H2,1-3H3. The maximum Gasteiger partial charge on any atom is 0.236 e. The van der Waals surface area contributed by atoms with Gasteiger partial charge in [0, 0.05) is 19.1 Å². The van der Waals surface area contributed by atoms with Gasteiger partial charge in [-0.05, 0) is 33.2 Å². The molecule has 90 valence electrons. The predicted molar refractivity (Wildman–Crippen MR) is 62.8 cm³/mol. The van der Waals surface area contributed by atoms with Crippen molar-refractivity contribution in [1.29, 1.82) is 5.26 Å². The Morgan fingerprint density at radius 2 is 2.25 bits per heavy atom. The van der Waals surface area contributed by atoms with Crippen LogP contribution in [0.4, 0.5) is 0 Å². The molecule has 0 aromatic heterocycles. The predicted octanol–water partition coefficient (Wildman–Crippen LogP) is 1.23. The second kappa shape index (κ2) is 5.31. The first-order chi connectivity index (χ1) is 7.47. The van der Waals surface area contributed by atoms with E-state index < -0.39 is 0 Å². The van der Waals surface area contributed by atoms with Crippen LogP contribution in [0.2, 0.25) is 0 Å². The van der Waals surface area contributed by atoms with E-state index in [4.69, 9.17) is 5.26 Å². The van der Waals surface area contributed by atoms with Gasteiger partial charge in [0.15, 0.2) is 0 Å². The molecule has 1 amide bonds. The lowest BCUT2D eigenvalue weighted by Gasteiger charge is -2.32. The zero-order valence-corrected chi connectivity index (χ0v) is 10.5. The van der Waals surface area contributed by atoms with Crippen molar-refractivity contribution in [3.05, 3.63) is 0 Å². The van der Waals surface area contributed by atoms with E-state index in [-0.39, 0.29) is 11.4 Å². The van der Waals surface area contributed by atoms with Crippen LogP contribution in [0.25, 0.3) is 0 Å². The molecule has 1 aliphatic heterocycles. The number of nitrogens with zero attached hydrogens (tertiary/aromatic N) is 3. The SMILES string of the molecule is CN(CCC#N)C(=O)CN1CCCC1(C)C. The molecule has 0 spiro atoms. The molecule has 0 unspecified atom stereocenters. The molecular weight excluding hydrogens is 202 g/mol. The van der Waals surface area contributed by atoms with E-state index in [0.717, 1.165) is 13.0 Å². The molecule has 1 rings (SSSR count). The number of nitriles is 1. The third-order valence-corrected chi connectivity index (χ3v) is 3.38. The summed E-state index contributed by atoms with van der Waals surface area (Å²) in [6.07, 6.45) is 2.73. The van der Waals surface area contributed by atoms with Crippen LogP contribution in [0, 0.1) is 11.3 Å². The van der Waals surface area contributed by atoms with Crippen LogP contribution in [0.1, 0.15) is 33.1 Å². The van der Waals surface area contributed by atoms with Gasteiger partial charge in [-0.3, -0.25) is 9.69 Å². The molecule has 4 nitrogen and oxygen atoms in total. The lowest BCUT2D eigenvalue weighted by molar-refractivity contribution is -0.131. The molecule has 0 bridgehead atoms. The van der Waals surface area contributed by atoms with Gasteiger partial charge < -0.3 is 4.90 Å². The summed E-state index contributed by atoms with van der Waals surface area (Å²) in [5, 5.41) is 8.47. The Kier molecular flexibility index (Phi) is 4.31. The number of carbonyl (C=O) groups excluding carboxylic acids is 1. The fourth-order valence-corrected chi connectivity index (χ4v) is 2.08. The van der Waals surface area contributed by atoms with E-state index >= 15 is 0 Å².